The second kappa shape index (κ2) is 5.35. The second-order valence-corrected chi connectivity index (χ2v) is 5.32. The van der Waals surface area contributed by atoms with Crippen molar-refractivity contribution in [2.75, 3.05) is 7.11 Å². The largest absolute Gasteiger partial charge is 0.496 e. The number of halogens is 1. The summed E-state index contributed by atoms with van der Waals surface area (Å²) in [4.78, 5) is 11.1. The van der Waals surface area contributed by atoms with Crippen LogP contribution in [0.15, 0.2) is 36.4 Å². The highest BCUT2D eigenvalue weighted by Crippen LogP contribution is 2.35. The van der Waals surface area contributed by atoms with Crippen molar-refractivity contribution in [1.29, 1.82) is 0 Å². The zero-order valence-corrected chi connectivity index (χ0v) is 12.8. The minimum Gasteiger partial charge on any atom is -0.496 e. The molecule has 1 N–H and O–H groups in total. The summed E-state index contributed by atoms with van der Waals surface area (Å²) in [6, 6.07) is 10.9. The van der Waals surface area contributed by atoms with Gasteiger partial charge in [0, 0.05) is 17.6 Å². The number of hydrogen-bond acceptors (Lipinski definition) is 3. The van der Waals surface area contributed by atoms with Gasteiger partial charge in [-0.05, 0) is 41.1 Å². The lowest BCUT2D eigenvalue weighted by Gasteiger charge is -2.11. The molecule has 0 aliphatic carbocycles. The van der Waals surface area contributed by atoms with Crippen LogP contribution in [0, 0.1) is 0 Å². The van der Waals surface area contributed by atoms with Gasteiger partial charge >= 0.3 is 5.97 Å². The van der Waals surface area contributed by atoms with Crippen LogP contribution in [0.4, 0.5) is 0 Å². The molecule has 0 atom stereocenters. The Balaban J connectivity index is 2.26. The van der Waals surface area contributed by atoms with Gasteiger partial charge in [0.05, 0.1) is 12.8 Å². The summed E-state index contributed by atoms with van der Waals surface area (Å²) in [6.07, 6.45) is 0. The predicted molar refractivity (Wildman–Crippen MR) is 84.7 cm³/mol. The van der Waals surface area contributed by atoms with E-state index in [-0.39, 0.29) is 5.69 Å². The lowest BCUT2D eigenvalue weighted by Crippen LogP contribution is -1.99. The van der Waals surface area contributed by atoms with Crippen molar-refractivity contribution >= 4 is 28.3 Å². The molecule has 0 unspecified atom stereocenters. The van der Waals surface area contributed by atoms with E-state index < -0.39 is 5.97 Å². The summed E-state index contributed by atoms with van der Waals surface area (Å²) < 4.78 is 6.97. The Morgan fingerprint density at radius 2 is 2.00 bits per heavy atom. The molecule has 0 aliphatic rings. The molecule has 112 valence electrons. The van der Waals surface area contributed by atoms with E-state index >= 15 is 0 Å². The minimum atomic E-state index is -1.07. The molecule has 5 nitrogen and oxygen atoms in total. The number of aryl methyl sites for hydroxylation is 1. The zero-order chi connectivity index (χ0) is 15.9. The Kier molecular flexibility index (Phi) is 3.50. The smallest absolute Gasteiger partial charge is 0.356 e. The average molecular weight is 317 g/mol. The van der Waals surface area contributed by atoms with Crippen molar-refractivity contribution in [2.45, 2.75) is 0 Å². The Bertz CT molecular complexity index is 886. The fourth-order valence-electron chi connectivity index (χ4n) is 2.44. The molecule has 22 heavy (non-hydrogen) atoms. The highest BCUT2D eigenvalue weighted by Gasteiger charge is 2.16. The van der Waals surface area contributed by atoms with Crippen molar-refractivity contribution in [2.24, 2.45) is 7.05 Å². The molecule has 2 aromatic carbocycles. The number of methoxy groups -OCH3 is 1. The SMILES string of the molecule is COc1cc2ccc(Cl)cc2cc1-c1cc(C(=O)O)nn1C. The maximum Gasteiger partial charge on any atom is 0.356 e. The van der Waals surface area contributed by atoms with Crippen molar-refractivity contribution in [3.8, 4) is 17.0 Å². The number of aromatic nitrogens is 2. The molecular formula is C16H13ClN2O3. The summed E-state index contributed by atoms with van der Waals surface area (Å²) in [5.41, 5.74) is 1.42. The van der Waals surface area contributed by atoms with Crippen molar-refractivity contribution in [3.05, 3.63) is 47.1 Å². The van der Waals surface area contributed by atoms with Gasteiger partial charge in [-0.2, -0.15) is 5.10 Å². The van der Waals surface area contributed by atoms with Gasteiger partial charge in [-0.3, -0.25) is 4.68 Å². The van der Waals surface area contributed by atoms with Crippen molar-refractivity contribution < 1.29 is 14.6 Å². The van der Waals surface area contributed by atoms with Crippen LogP contribution in [0.2, 0.25) is 5.02 Å². The number of aromatic carboxylic acids is 1. The van der Waals surface area contributed by atoms with E-state index in [0.29, 0.717) is 16.5 Å². The van der Waals surface area contributed by atoms with Crippen LogP contribution >= 0.6 is 11.6 Å². The summed E-state index contributed by atoms with van der Waals surface area (Å²) in [5, 5.41) is 15.7. The lowest BCUT2D eigenvalue weighted by atomic mass is 10.0. The third kappa shape index (κ3) is 2.40. The van der Waals surface area contributed by atoms with E-state index in [1.54, 1.807) is 14.2 Å². The maximum atomic E-state index is 11.1. The van der Waals surface area contributed by atoms with E-state index in [9.17, 15) is 4.79 Å². The van der Waals surface area contributed by atoms with E-state index in [1.807, 2.05) is 30.3 Å². The Morgan fingerprint density at radius 3 is 2.64 bits per heavy atom. The molecule has 0 saturated carbocycles. The van der Waals surface area contributed by atoms with Crippen LogP contribution in [0.25, 0.3) is 22.0 Å². The molecule has 3 rings (SSSR count). The number of fused-ring (bicyclic) bond motifs is 1. The van der Waals surface area contributed by atoms with Gasteiger partial charge < -0.3 is 9.84 Å². The Hall–Kier alpha value is -2.53. The first kappa shape index (κ1) is 14.4. The number of carboxylic acid groups (broad SMARTS) is 1. The first-order valence-corrected chi connectivity index (χ1v) is 6.92. The summed E-state index contributed by atoms with van der Waals surface area (Å²) in [5.74, 6) is -0.417. The molecule has 0 radical (unpaired) electrons. The molecule has 0 amide bonds. The number of nitrogens with zero attached hydrogens (tertiary/aromatic N) is 2. The van der Waals surface area contributed by atoms with Crippen LogP contribution in [0.1, 0.15) is 10.5 Å². The highest BCUT2D eigenvalue weighted by molar-refractivity contribution is 6.31. The monoisotopic (exact) mass is 316 g/mol. The Labute approximate surface area is 131 Å². The van der Waals surface area contributed by atoms with Gasteiger partial charge in [-0.1, -0.05) is 17.7 Å². The first-order valence-electron chi connectivity index (χ1n) is 6.54. The van der Waals surface area contributed by atoms with Gasteiger partial charge in [-0.15, -0.1) is 0 Å². The second-order valence-electron chi connectivity index (χ2n) is 4.89. The van der Waals surface area contributed by atoms with Gasteiger partial charge in [-0.25, -0.2) is 4.79 Å². The summed E-state index contributed by atoms with van der Waals surface area (Å²) >= 11 is 6.04. The van der Waals surface area contributed by atoms with Gasteiger partial charge in [0.1, 0.15) is 5.75 Å². The molecule has 0 bridgehead atoms. The number of benzene rings is 2. The zero-order valence-electron chi connectivity index (χ0n) is 12.0. The molecule has 1 heterocycles. The number of carbonyl (C=O) groups is 1. The van der Waals surface area contributed by atoms with E-state index in [2.05, 4.69) is 5.10 Å². The third-order valence-corrected chi connectivity index (χ3v) is 3.73. The van der Waals surface area contributed by atoms with E-state index in [0.717, 1.165) is 16.3 Å². The standard InChI is InChI=1S/C16H13ClN2O3/c1-19-14(8-13(18-19)16(20)21)12-6-10-5-11(17)4-3-9(10)7-15(12)22-2/h3-8H,1-2H3,(H,20,21). The van der Waals surface area contributed by atoms with Gasteiger partial charge in [0.15, 0.2) is 5.69 Å². The van der Waals surface area contributed by atoms with Gasteiger partial charge in [0.2, 0.25) is 0 Å². The fraction of sp³-hybridized carbons (Fsp3) is 0.125. The number of ether oxygens (including phenoxy) is 1. The van der Waals surface area contributed by atoms with Crippen LogP contribution < -0.4 is 4.74 Å². The third-order valence-electron chi connectivity index (χ3n) is 3.50. The molecule has 0 fully saturated rings. The first-order chi connectivity index (χ1) is 10.5. The van der Waals surface area contributed by atoms with Crippen molar-refractivity contribution in [1.82, 2.24) is 9.78 Å². The molecular weight excluding hydrogens is 304 g/mol. The molecule has 0 aliphatic heterocycles. The van der Waals surface area contributed by atoms with E-state index in [4.69, 9.17) is 21.4 Å². The molecule has 3 aromatic rings. The van der Waals surface area contributed by atoms with Crippen LogP contribution in [-0.2, 0) is 7.05 Å². The Morgan fingerprint density at radius 1 is 1.23 bits per heavy atom. The average Bonchev–Trinajstić information content (AvgIpc) is 2.88. The van der Waals surface area contributed by atoms with Crippen molar-refractivity contribution in [3.63, 3.8) is 0 Å². The summed E-state index contributed by atoms with van der Waals surface area (Å²) in [7, 11) is 3.28. The quantitative estimate of drug-likeness (QED) is 0.802. The molecule has 0 spiro atoms. The van der Waals surface area contributed by atoms with Crippen LogP contribution in [0.3, 0.4) is 0 Å². The van der Waals surface area contributed by atoms with Gasteiger partial charge in [0.25, 0.3) is 0 Å². The number of rotatable bonds is 3. The van der Waals surface area contributed by atoms with Crippen LogP contribution in [-0.4, -0.2) is 28.0 Å². The van der Waals surface area contributed by atoms with Crippen LogP contribution in [0.5, 0.6) is 5.75 Å². The normalized spacial score (nSPS) is 10.9. The highest BCUT2D eigenvalue weighted by atomic mass is 35.5. The molecule has 1 aromatic heterocycles. The topological polar surface area (TPSA) is 64.3 Å². The van der Waals surface area contributed by atoms with E-state index in [1.165, 1.54) is 10.7 Å². The fourth-order valence-corrected chi connectivity index (χ4v) is 2.62. The minimum absolute atomic E-state index is 0.00857. The predicted octanol–water partition coefficient (Wildman–Crippen LogP) is 3.60. The molecule has 0 saturated heterocycles. The maximum absolute atomic E-state index is 11.1. The summed E-state index contributed by atoms with van der Waals surface area (Å²) in [6.45, 7) is 0. The number of carboxylic acids is 1. The molecule has 6 heteroatoms. The lowest BCUT2D eigenvalue weighted by molar-refractivity contribution is 0.0689. The number of hydrogen-bond donors (Lipinski definition) is 1.